The standard InChI is InChI=1S/C17H18O8/c1-6-9-10(22-14(6)19)12(21-7(2)18)16(3)8(24-16)4-5-17-13(25-17)11(9)23-15(17)20/h8,10-13H,4-5H2,1-3H3/t8-,10-,11+,12-,13-,16+,17-/m0/s1. The second-order valence-corrected chi connectivity index (χ2v) is 7.52. The molecule has 4 aliphatic heterocycles. The number of fused-ring (bicyclic) bond motifs is 3. The van der Waals surface area contributed by atoms with Crippen LogP contribution in [0.2, 0.25) is 0 Å². The van der Waals surface area contributed by atoms with E-state index >= 15 is 0 Å². The van der Waals surface area contributed by atoms with Crippen LogP contribution in [-0.2, 0) is 38.1 Å². The van der Waals surface area contributed by atoms with Crippen LogP contribution in [0.5, 0.6) is 0 Å². The summed E-state index contributed by atoms with van der Waals surface area (Å²) in [5, 5.41) is 0. The summed E-state index contributed by atoms with van der Waals surface area (Å²) in [5.74, 6) is -1.40. The Kier molecular flexibility index (Phi) is 2.71. The van der Waals surface area contributed by atoms with Crippen LogP contribution in [0.1, 0.15) is 33.6 Å². The Hall–Kier alpha value is -1.93. The van der Waals surface area contributed by atoms with Gasteiger partial charge in [-0.1, -0.05) is 0 Å². The topological polar surface area (TPSA) is 104 Å². The highest BCUT2D eigenvalue weighted by atomic mass is 16.7. The molecule has 3 saturated heterocycles. The minimum absolute atomic E-state index is 0.207. The molecule has 8 heteroatoms. The van der Waals surface area contributed by atoms with Gasteiger partial charge in [-0.15, -0.1) is 0 Å². The Morgan fingerprint density at radius 2 is 1.96 bits per heavy atom. The molecular formula is C17H18O8. The fraction of sp³-hybridized carbons (Fsp3) is 0.706. The van der Waals surface area contributed by atoms with Gasteiger partial charge in [0.1, 0.15) is 11.7 Å². The minimum Gasteiger partial charge on any atom is -0.455 e. The van der Waals surface area contributed by atoms with E-state index in [1.54, 1.807) is 6.92 Å². The van der Waals surface area contributed by atoms with Gasteiger partial charge >= 0.3 is 17.9 Å². The van der Waals surface area contributed by atoms with Crippen LogP contribution >= 0.6 is 0 Å². The maximum atomic E-state index is 12.4. The lowest BCUT2D eigenvalue weighted by molar-refractivity contribution is -0.165. The van der Waals surface area contributed by atoms with Gasteiger partial charge in [0.25, 0.3) is 0 Å². The van der Waals surface area contributed by atoms with Crippen molar-refractivity contribution in [1.82, 2.24) is 0 Å². The van der Waals surface area contributed by atoms with Crippen molar-refractivity contribution < 1.29 is 38.1 Å². The third-order valence-electron chi connectivity index (χ3n) is 6.07. The van der Waals surface area contributed by atoms with Crippen molar-refractivity contribution in [2.45, 2.75) is 75.3 Å². The van der Waals surface area contributed by atoms with Crippen LogP contribution < -0.4 is 0 Å². The second-order valence-electron chi connectivity index (χ2n) is 7.52. The molecule has 4 heterocycles. The lowest BCUT2D eigenvalue weighted by Gasteiger charge is -2.29. The molecule has 8 nitrogen and oxygen atoms in total. The molecule has 0 radical (unpaired) electrons. The van der Waals surface area contributed by atoms with Gasteiger partial charge in [0.2, 0.25) is 0 Å². The second kappa shape index (κ2) is 4.42. The molecule has 0 aromatic rings. The first-order chi connectivity index (χ1) is 11.8. The zero-order valence-electron chi connectivity index (χ0n) is 14.1. The Balaban J connectivity index is 1.62. The van der Waals surface area contributed by atoms with E-state index in [0.29, 0.717) is 24.0 Å². The monoisotopic (exact) mass is 350 g/mol. The number of hydrogen-bond donors (Lipinski definition) is 0. The van der Waals surface area contributed by atoms with Gasteiger partial charge in [0.05, 0.1) is 6.10 Å². The van der Waals surface area contributed by atoms with Crippen molar-refractivity contribution in [3.63, 3.8) is 0 Å². The van der Waals surface area contributed by atoms with Gasteiger partial charge in [0.15, 0.2) is 23.9 Å². The normalized spacial score (nSPS) is 49.5. The SMILES string of the molecule is CC(=O)O[C@H]1[C@H]2OC(=O)C(C)=C2[C@H]2OC(=O)[C@@]3(CC[C@@H]4O[C@]41C)O[C@@H]23. The number of ether oxygens (including phenoxy) is 5. The van der Waals surface area contributed by atoms with Gasteiger partial charge in [-0.05, 0) is 26.7 Å². The molecule has 25 heavy (non-hydrogen) atoms. The summed E-state index contributed by atoms with van der Waals surface area (Å²) in [7, 11) is 0. The maximum absolute atomic E-state index is 12.4. The maximum Gasteiger partial charge on any atom is 0.342 e. The van der Waals surface area contributed by atoms with E-state index in [0.717, 1.165) is 0 Å². The third-order valence-corrected chi connectivity index (χ3v) is 6.07. The van der Waals surface area contributed by atoms with E-state index in [1.165, 1.54) is 6.92 Å². The average Bonchev–Trinajstić information content (AvgIpc) is 3.37. The van der Waals surface area contributed by atoms with E-state index in [9.17, 15) is 14.4 Å². The lowest BCUT2D eigenvalue weighted by Crippen LogP contribution is -2.47. The number of carbonyl (C=O) groups is 3. The molecule has 1 aliphatic carbocycles. The quantitative estimate of drug-likeness (QED) is 0.375. The Labute approximate surface area is 143 Å². The van der Waals surface area contributed by atoms with Crippen molar-refractivity contribution in [3.8, 4) is 0 Å². The highest BCUT2D eigenvalue weighted by molar-refractivity contribution is 5.94. The van der Waals surface area contributed by atoms with Crippen molar-refractivity contribution in [3.05, 3.63) is 11.1 Å². The molecule has 0 amide bonds. The molecule has 0 unspecified atom stereocenters. The molecule has 0 N–H and O–H groups in total. The minimum atomic E-state index is -0.935. The number of esters is 3. The lowest BCUT2D eigenvalue weighted by atomic mass is 9.83. The fourth-order valence-electron chi connectivity index (χ4n) is 4.54. The van der Waals surface area contributed by atoms with Crippen molar-refractivity contribution in [2.24, 2.45) is 0 Å². The van der Waals surface area contributed by atoms with Gasteiger partial charge in [-0.2, -0.15) is 0 Å². The van der Waals surface area contributed by atoms with Gasteiger partial charge in [-0.25, -0.2) is 9.59 Å². The molecule has 134 valence electrons. The third kappa shape index (κ3) is 1.81. The summed E-state index contributed by atoms with van der Waals surface area (Å²) in [5.41, 5.74) is -0.818. The predicted molar refractivity (Wildman–Crippen MR) is 78.1 cm³/mol. The summed E-state index contributed by atoms with van der Waals surface area (Å²) in [6.45, 7) is 4.76. The summed E-state index contributed by atoms with van der Waals surface area (Å²) in [6.07, 6.45) is -1.91. The van der Waals surface area contributed by atoms with Crippen molar-refractivity contribution in [2.75, 3.05) is 0 Å². The molecule has 0 aromatic carbocycles. The first-order valence-electron chi connectivity index (χ1n) is 8.43. The molecule has 2 bridgehead atoms. The zero-order chi connectivity index (χ0) is 17.7. The number of carbonyl (C=O) groups excluding carboxylic acids is 3. The van der Waals surface area contributed by atoms with Crippen LogP contribution in [0.4, 0.5) is 0 Å². The molecule has 0 spiro atoms. The summed E-state index contributed by atoms with van der Waals surface area (Å²) in [6, 6.07) is 0. The van der Waals surface area contributed by atoms with Gasteiger partial charge < -0.3 is 23.7 Å². The largest absolute Gasteiger partial charge is 0.455 e. The van der Waals surface area contributed by atoms with E-state index in [1.807, 2.05) is 6.92 Å². The molecule has 5 rings (SSSR count). The number of epoxide rings is 2. The van der Waals surface area contributed by atoms with Crippen molar-refractivity contribution >= 4 is 17.9 Å². The first-order valence-corrected chi connectivity index (χ1v) is 8.43. The average molecular weight is 350 g/mol. The summed E-state index contributed by atoms with van der Waals surface area (Å²) >= 11 is 0. The van der Waals surface area contributed by atoms with Gasteiger partial charge in [0, 0.05) is 18.1 Å². The summed E-state index contributed by atoms with van der Waals surface area (Å²) in [4.78, 5) is 36.2. The van der Waals surface area contributed by atoms with Crippen LogP contribution in [0.3, 0.4) is 0 Å². The first kappa shape index (κ1) is 15.3. The molecular weight excluding hydrogens is 332 g/mol. The Morgan fingerprint density at radius 1 is 1.20 bits per heavy atom. The van der Waals surface area contributed by atoms with Crippen LogP contribution in [0, 0.1) is 0 Å². The highest BCUT2D eigenvalue weighted by Gasteiger charge is 2.77. The fourth-order valence-corrected chi connectivity index (χ4v) is 4.54. The van der Waals surface area contributed by atoms with E-state index in [-0.39, 0.29) is 6.10 Å². The Bertz CT molecular complexity index is 756. The van der Waals surface area contributed by atoms with E-state index < -0.39 is 53.5 Å². The molecule has 1 saturated carbocycles. The predicted octanol–water partition coefficient (Wildman–Crippen LogP) is 0.174. The molecule has 4 fully saturated rings. The van der Waals surface area contributed by atoms with Crippen LogP contribution in [0.25, 0.3) is 0 Å². The molecule has 0 aromatic heterocycles. The van der Waals surface area contributed by atoms with Crippen LogP contribution in [-0.4, -0.2) is 59.6 Å². The van der Waals surface area contributed by atoms with E-state index in [4.69, 9.17) is 23.7 Å². The Morgan fingerprint density at radius 3 is 2.64 bits per heavy atom. The van der Waals surface area contributed by atoms with Gasteiger partial charge in [-0.3, -0.25) is 4.79 Å². The zero-order valence-corrected chi connectivity index (χ0v) is 14.1. The molecule has 7 atom stereocenters. The molecule has 5 aliphatic rings. The van der Waals surface area contributed by atoms with Crippen molar-refractivity contribution in [1.29, 1.82) is 0 Å². The smallest absolute Gasteiger partial charge is 0.342 e. The summed E-state index contributed by atoms with van der Waals surface area (Å²) < 4.78 is 28.1. The number of hydrogen-bond acceptors (Lipinski definition) is 8. The highest BCUT2D eigenvalue weighted by Crippen LogP contribution is 2.58. The number of rotatable bonds is 1. The van der Waals surface area contributed by atoms with E-state index in [2.05, 4.69) is 0 Å². The van der Waals surface area contributed by atoms with Crippen LogP contribution in [0.15, 0.2) is 11.1 Å².